The zero-order valence-corrected chi connectivity index (χ0v) is 17.1. The van der Waals surface area contributed by atoms with Crippen LogP contribution in [0, 0.1) is 11.3 Å². The van der Waals surface area contributed by atoms with Gasteiger partial charge in [0, 0.05) is 24.4 Å². The minimum atomic E-state index is 0.752. The van der Waals surface area contributed by atoms with Crippen molar-refractivity contribution in [2.24, 2.45) is 0 Å². The Bertz CT molecular complexity index is 852. The topological polar surface area (TPSA) is 27.0 Å². The number of benzene rings is 1. The predicted molar refractivity (Wildman–Crippen MR) is 116 cm³/mol. The molecule has 2 aliphatic heterocycles. The highest BCUT2D eigenvalue weighted by molar-refractivity contribution is 5.68. The number of nitriles is 1. The van der Waals surface area contributed by atoms with Crippen LogP contribution in [0.3, 0.4) is 0 Å². The molecular weight excluding hydrogens is 328 g/mol. The van der Waals surface area contributed by atoms with Crippen LogP contribution in [0.1, 0.15) is 57.2 Å². The lowest BCUT2D eigenvalue weighted by Gasteiger charge is -2.37. The van der Waals surface area contributed by atoms with Gasteiger partial charge in [-0.1, -0.05) is 35.5 Å². The molecule has 0 N–H and O–H groups in total. The van der Waals surface area contributed by atoms with Crippen LogP contribution in [0.15, 0.2) is 52.7 Å². The smallest absolute Gasteiger partial charge is 0.0950 e. The zero-order chi connectivity index (χ0) is 19.4. The van der Waals surface area contributed by atoms with Crippen LogP contribution in [-0.2, 0) is 12.8 Å². The molecule has 0 aromatic heterocycles. The maximum atomic E-state index is 9.25. The van der Waals surface area contributed by atoms with Crippen molar-refractivity contribution in [3.05, 3.63) is 69.3 Å². The first-order valence-corrected chi connectivity index (χ1v) is 10.0. The van der Waals surface area contributed by atoms with Gasteiger partial charge in [-0.15, -0.1) is 0 Å². The Labute approximate surface area is 164 Å². The largest absolute Gasteiger partial charge is 0.371 e. The summed E-state index contributed by atoms with van der Waals surface area (Å²) >= 11 is 0. The van der Waals surface area contributed by atoms with E-state index >= 15 is 0 Å². The van der Waals surface area contributed by atoms with Crippen molar-refractivity contribution in [1.29, 1.82) is 5.26 Å². The van der Waals surface area contributed by atoms with Crippen LogP contribution in [0.5, 0.6) is 0 Å². The SMILES string of the molecule is CC(C)=CC(/C=C(C)/C=C/c1cc2c3c(c1)CCCN3CCC2)=C(\C)C#N. The van der Waals surface area contributed by atoms with E-state index < -0.39 is 0 Å². The average molecular weight is 359 g/mol. The van der Waals surface area contributed by atoms with Gasteiger partial charge < -0.3 is 4.90 Å². The van der Waals surface area contributed by atoms with Crippen molar-refractivity contribution in [3.8, 4) is 6.07 Å². The van der Waals surface area contributed by atoms with Gasteiger partial charge in [-0.3, -0.25) is 0 Å². The van der Waals surface area contributed by atoms with Crippen LogP contribution in [0.4, 0.5) is 5.69 Å². The van der Waals surface area contributed by atoms with E-state index in [-0.39, 0.29) is 0 Å². The fraction of sp³-hybridized carbons (Fsp3) is 0.400. The summed E-state index contributed by atoms with van der Waals surface area (Å²) in [7, 11) is 0. The lowest BCUT2D eigenvalue weighted by molar-refractivity contribution is 0.634. The molecule has 0 aliphatic carbocycles. The third-order valence-electron chi connectivity index (χ3n) is 5.32. The molecule has 1 aromatic rings. The van der Waals surface area contributed by atoms with Crippen molar-refractivity contribution in [2.75, 3.05) is 18.0 Å². The summed E-state index contributed by atoms with van der Waals surface area (Å²) in [5.74, 6) is 0. The second-order valence-electron chi connectivity index (χ2n) is 8.02. The highest BCUT2D eigenvalue weighted by atomic mass is 15.1. The van der Waals surface area contributed by atoms with Gasteiger partial charge in [0.05, 0.1) is 6.07 Å². The Morgan fingerprint density at radius 1 is 1.00 bits per heavy atom. The van der Waals surface area contributed by atoms with E-state index in [9.17, 15) is 5.26 Å². The van der Waals surface area contributed by atoms with Crippen molar-refractivity contribution in [3.63, 3.8) is 0 Å². The number of allylic oxidation sites excluding steroid dienone is 7. The van der Waals surface area contributed by atoms with Gasteiger partial charge in [0.25, 0.3) is 0 Å². The third kappa shape index (κ3) is 4.61. The van der Waals surface area contributed by atoms with Crippen LogP contribution in [0.2, 0.25) is 0 Å². The molecule has 0 saturated heterocycles. The quantitative estimate of drug-likeness (QED) is 0.477. The highest BCUT2D eigenvalue weighted by Crippen LogP contribution is 2.36. The minimum absolute atomic E-state index is 0.752. The molecule has 27 heavy (non-hydrogen) atoms. The highest BCUT2D eigenvalue weighted by Gasteiger charge is 2.23. The van der Waals surface area contributed by atoms with E-state index in [1.807, 2.05) is 6.92 Å². The normalized spacial score (nSPS) is 17.3. The number of aryl methyl sites for hydroxylation is 2. The molecule has 0 unspecified atom stereocenters. The predicted octanol–water partition coefficient (Wildman–Crippen LogP) is 6.15. The zero-order valence-electron chi connectivity index (χ0n) is 17.1. The average Bonchev–Trinajstić information content (AvgIpc) is 2.65. The number of hydrogen-bond acceptors (Lipinski definition) is 2. The second kappa shape index (κ2) is 8.44. The molecule has 140 valence electrons. The first-order chi connectivity index (χ1) is 13.0. The fourth-order valence-electron chi connectivity index (χ4n) is 4.08. The second-order valence-corrected chi connectivity index (χ2v) is 8.02. The Balaban J connectivity index is 1.88. The van der Waals surface area contributed by atoms with E-state index in [0.29, 0.717) is 0 Å². The van der Waals surface area contributed by atoms with Gasteiger partial charge in [-0.25, -0.2) is 0 Å². The van der Waals surface area contributed by atoms with Gasteiger partial charge in [0.1, 0.15) is 0 Å². The molecule has 0 spiro atoms. The minimum Gasteiger partial charge on any atom is -0.371 e. The van der Waals surface area contributed by atoms with Crippen molar-refractivity contribution in [2.45, 2.75) is 53.4 Å². The van der Waals surface area contributed by atoms with Crippen molar-refractivity contribution >= 4 is 11.8 Å². The van der Waals surface area contributed by atoms with Crippen LogP contribution < -0.4 is 4.90 Å². The molecule has 0 radical (unpaired) electrons. The van der Waals surface area contributed by atoms with Gasteiger partial charge in [-0.05, 0) is 87.8 Å². The molecule has 2 aliphatic rings. The molecule has 0 saturated carbocycles. The summed E-state index contributed by atoms with van der Waals surface area (Å²) in [6.45, 7) is 10.5. The lowest BCUT2D eigenvalue weighted by atomic mass is 9.90. The van der Waals surface area contributed by atoms with Gasteiger partial charge in [0.2, 0.25) is 0 Å². The van der Waals surface area contributed by atoms with E-state index in [1.165, 1.54) is 66.7 Å². The Morgan fingerprint density at radius 2 is 1.63 bits per heavy atom. The fourth-order valence-corrected chi connectivity index (χ4v) is 4.08. The first kappa shape index (κ1) is 19.2. The Morgan fingerprint density at radius 3 is 2.19 bits per heavy atom. The summed E-state index contributed by atoms with van der Waals surface area (Å²) in [6, 6.07) is 7.01. The standard InChI is InChI=1S/C25H30N2/c1-18(2)13-24(20(4)17-26)14-19(3)9-10-21-15-22-7-5-11-27-12-6-8-23(16-21)25(22)27/h9-10,13-16H,5-8,11-12H2,1-4H3/b10-9+,19-14+,24-20-. The van der Waals surface area contributed by atoms with Crippen LogP contribution in [0.25, 0.3) is 6.08 Å². The lowest BCUT2D eigenvalue weighted by Crippen LogP contribution is -2.34. The Kier molecular flexibility index (Phi) is 6.01. The van der Waals surface area contributed by atoms with E-state index in [1.54, 1.807) is 0 Å². The monoisotopic (exact) mass is 358 g/mol. The van der Waals surface area contributed by atoms with Gasteiger partial charge >= 0.3 is 0 Å². The van der Waals surface area contributed by atoms with Crippen LogP contribution >= 0.6 is 0 Å². The molecule has 2 nitrogen and oxygen atoms in total. The van der Waals surface area contributed by atoms with Crippen molar-refractivity contribution in [1.82, 2.24) is 0 Å². The molecule has 2 heterocycles. The molecule has 0 bridgehead atoms. The molecule has 1 aromatic carbocycles. The summed E-state index contributed by atoms with van der Waals surface area (Å²) in [6.07, 6.45) is 13.5. The van der Waals surface area contributed by atoms with Crippen LogP contribution in [-0.4, -0.2) is 13.1 Å². The number of anilines is 1. The molecule has 0 amide bonds. The van der Waals surface area contributed by atoms with E-state index in [2.05, 4.69) is 68.2 Å². The molecule has 0 fully saturated rings. The molecular formula is C25H30N2. The van der Waals surface area contributed by atoms with E-state index in [0.717, 1.165) is 16.7 Å². The van der Waals surface area contributed by atoms with Gasteiger partial charge in [-0.2, -0.15) is 5.26 Å². The van der Waals surface area contributed by atoms with Crippen molar-refractivity contribution < 1.29 is 0 Å². The molecule has 3 rings (SSSR count). The summed E-state index contributed by atoms with van der Waals surface area (Å²) in [5, 5.41) is 9.25. The molecule has 2 heteroatoms. The van der Waals surface area contributed by atoms with Gasteiger partial charge in [0.15, 0.2) is 0 Å². The maximum absolute atomic E-state index is 9.25. The summed E-state index contributed by atoms with van der Waals surface area (Å²) < 4.78 is 0. The third-order valence-corrected chi connectivity index (χ3v) is 5.32. The summed E-state index contributed by atoms with van der Waals surface area (Å²) in [4.78, 5) is 2.58. The number of hydrogen-bond donors (Lipinski definition) is 0. The van der Waals surface area contributed by atoms with E-state index in [4.69, 9.17) is 0 Å². The molecule has 0 atom stereocenters. The number of rotatable bonds is 4. The first-order valence-electron chi connectivity index (χ1n) is 10.0. The maximum Gasteiger partial charge on any atom is 0.0950 e. The number of nitrogens with zero attached hydrogens (tertiary/aromatic N) is 2. The Hall–Kier alpha value is -2.53. The summed E-state index contributed by atoms with van der Waals surface area (Å²) in [5.41, 5.74) is 9.96.